The van der Waals surface area contributed by atoms with Gasteiger partial charge in [-0.3, -0.25) is 4.79 Å². The zero-order valence-corrected chi connectivity index (χ0v) is 15.4. The molecule has 1 N–H and O–H groups in total. The number of ether oxygens (including phenoxy) is 1. The molecule has 24 heavy (non-hydrogen) atoms. The Morgan fingerprint density at radius 1 is 0.958 bits per heavy atom. The van der Waals surface area contributed by atoms with E-state index in [1.807, 2.05) is 6.92 Å². The fraction of sp³-hybridized carbons (Fsp3) is 0.800. The van der Waals surface area contributed by atoms with Crippen LogP contribution in [-0.4, -0.2) is 23.0 Å². The van der Waals surface area contributed by atoms with E-state index in [0.717, 1.165) is 25.7 Å². The van der Waals surface area contributed by atoms with Crippen molar-refractivity contribution in [2.24, 2.45) is 0 Å². The maximum absolute atomic E-state index is 12.1. The van der Waals surface area contributed by atoms with Gasteiger partial charge in [-0.25, -0.2) is 4.79 Å². The Bertz CT molecular complexity index is 405. The van der Waals surface area contributed by atoms with Crippen LogP contribution in [0.3, 0.4) is 0 Å². The lowest BCUT2D eigenvalue weighted by atomic mass is 9.96. The third-order valence-electron chi connectivity index (χ3n) is 4.59. The highest BCUT2D eigenvalue weighted by Gasteiger charge is 2.34. The van der Waals surface area contributed by atoms with Crippen molar-refractivity contribution in [3.63, 3.8) is 0 Å². The molecule has 0 aromatic carbocycles. The first-order valence-electron chi connectivity index (χ1n) is 9.76. The van der Waals surface area contributed by atoms with Gasteiger partial charge in [0.25, 0.3) is 0 Å². The average molecular weight is 338 g/mol. The molecule has 0 aromatic heterocycles. The predicted molar refractivity (Wildman–Crippen MR) is 95.9 cm³/mol. The molecule has 4 heteroatoms. The maximum atomic E-state index is 12.1. The second-order valence-electron chi connectivity index (χ2n) is 6.84. The number of aliphatic hydroxyl groups excluding tert-OH is 1. The van der Waals surface area contributed by atoms with Crippen molar-refractivity contribution >= 4 is 11.8 Å². The lowest BCUT2D eigenvalue weighted by Gasteiger charge is -2.23. The number of cyclic esters (lactones) is 1. The van der Waals surface area contributed by atoms with Gasteiger partial charge < -0.3 is 9.84 Å². The van der Waals surface area contributed by atoms with Gasteiger partial charge in [-0.1, -0.05) is 71.6 Å². The van der Waals surface area contributed by atoms with E-state index in [-0.39, 0.29) is 29.6 Å². The van der Waals surface area contributed by atoms with Crippen molar-refractivity contribution in [3.05, 3.63) is 11.3 Å². The summed E-state index contributed by atoms with van der Waals surface area (Å²) < 4.78 is 5.24. The number of unbranched alkanes of at least 4 members (excludes halogenated alkanes) is 8. The first-order valence-corrected chi connectivity index (χ1v) is 9.76. The largest absolute Gasteiger partial charge is 0.511 e. The van der Waals surface area contributed by atoms with Crippen LogP contribution in [0, 0.1) is 0 Å². The molecule has 138 valence electrons. The van der Waals surface area contributed by atoms with Crippen molar-refractivity contribution in [2.75, 3.05) is 0 Å². The zero-order chi connectivity index (χ0) is 17.8. The summed E-state index contributed by atoms with van der Waals surface area (Å²) in [5.41, 5.74) is -0.109. The summed E-state index contributed by atoms with van der Waals surface area (Å²) in [7, 11) is 0. The number of esters is 1. The van der Waals surface area contributed by atoms with E-state index in [1.165, 1.54) is 38.5 Å². The SMILES string of the molecule is CCCCCCCCCCCC(O)=C1C(=O)CC(CCC)OC1=O. The molecule has 1 heterocycles. The number of Topliss-reactive ketones (excluding diaryl/α,β-unsaturated/α-hetero) is 1. The molecule has 1 saturated heterocycles. The van der Waals surface area contributed by atoms with E-state index in [1.54, 1.807) is 0 Å². The number of rotatable bonds is 12. The van der Waals surface area contributed by atoms with Gasteiger partial charge in [-0.15, -0.1) is 0 Å². The summed E-state index contributed by atoms with van der Waals surface area (Å²) in [6.07, 6.45) is 12.5. The number of ketones is 1. The van der Waals surface area contributed by atoms with Gasteiger partial charge in [0.05, 0.1) is 0 Å². The van der Waals surface area contributed by atoms with Gasteiger partial charge in [0, 0.05) is 12.8 Å². The van der Waals surface area contributed by atoms with Gasteiger partial charge in [-0.05, 0) is 12.8 Å². The van der Waals surface area contributed by atoms with Crippen LogP contribution in [0.2, 0.25) is 0 Å². The third kappa shape index (κ3) is 7.50. The van der Waals surface area contributed by atoms with Crippen molar-refractivity contribution in [3.8, 4) is 0 Å². The fourth-order valence-electron chi connectivity index (χ4n) is 3.16. The summed E-state index contributed by atoms with van der Waals surface area (Å²) in [5.74, 6) is -0.987. The quantitative estimate of drug-likeness (QED) is 0.170. The fourth-order valence-corrected chi connectivity index (χ4v) is 3.16. The molecule has 0 aliphatic carbocycles. The molecule has 0 bridgehead atoms. The average Bonchev–Trinajstić information content (AvgIpc) is 2.53. The van der Waals surface area contributed by atoms with Crippen LogP contribution in [0.1, 0.15) is 97.3 Å². The summed E-state index contributed by atoms with van der Waals surface area (Å²) in [5, 5.41) is 10.1. The molecular weight excluding hydrogens is 304 g/mol. The molecule has 1 unspecified atom stereocenters. The van der Waals surface area contributed by atoms with Crippen LogP contribution >= 0.6 is 0 Å². The van der Waals surface area contributed by atoms with E-state index >= 15 is 0 Å². The highest BCUT2D eigenvalue weighted by atomic mass is 16.5. The first-order chi connectivity index (χ1) is 11.6. The van der Waals surface area contributed by atoms with Crippen molar-refractivity contribution in [1.82, 2.24) is 0 Å². The normalized spacial score (nSPS) is 20.2. The highest BCUT2D eigenvalue weighted by Crippen LogP contribution is 2.23. The Morgan fingerprint density at radius 2 is 1.54 bits per heavy atom. The second kappa shape index (κ2) is 12.1. The molecule has 4 nitrogen and oxygen atoms in total. The molecule has 0 amide bonds. The lowest BCUT2D eigenvalue weighted by Crippen LogP contribution is -2.33. The molecule has 1 atom stereocenters. The molecule has 0 spiro atoms. The molecule has 1 rings (SSSR count). The minimum Gasteiger partial charge on any atom is -0.511 e. The van der Waals surface area contributed by atoms with Gasteiger partial charge >= 0.3 is 5.97 Å². The topological polar surface area (TPSA) is 63.6 Å². The van der Waals surface area contributed by atoms with Gasteiger partial charge in [-0.2, -0.15) is 0 Å². The van der Waals surface area contributed by atoms with Gasteiger partial charge in [0.1, 0.15) is 17.4 Å². The highest BCUT2D eigenvalue weighted by molar-refractivity contribution is 6.19. The van der Waals surface area contributed by atoms with E-state index in [9.17, 15) is 14.7 Å². The number of allylic oxidation sites excluding steroid dienone is 1. The van der Waals surface area contributed by atoms with Crippen molar-refractivity contribution in [1.29, 1.82) is 0 Å². The Labute approximate surface area is 146 Å². The number of carbonyl (C=O) groups is 2. The minimum atomic E-state index is -0.641. The molecule has 1 aliphatic heterocycles. The maximum Gasteiger partial charge on any atom is 0.345 e. The van der Waals surface area contributed by atoms with Gasteiger partial charge in [0.2, 0.25) is 0 Å². The van der Waals surface area contributed by atoms with Crippen LogP contribution in [0.15, 0.2) is 11.3 Å². The summed E-state index contributed by atoms with van der Waals surface area (Å²) >= 11 is 0. The molecule has 1 aliphatic rings. The molecular formula is C20H34O4. The first kappa shape index (κ1) is 20.7. The third-order valence-corrected chi connectivity index (χ3v) is 4.59. The number of hydrogen-bond acceptors (Lipinski definition) is 4. The predicted octanol–water partition coefficient (Wildman–Crippen LogP) is 5.40. The van der Waals surface area contributed by atoms with Crippen LogP contribution in [-0.2, 0) is 14.3 Å². The Kier molecular flexibility index (Phi) is 10.4. The van der Waals surface area contributed by atoms with Crippen LogP contribution in [0.5, 0.6) is 0 Å². The molecule has 1 fully saturated rings. The monoisotopic (exact) mass is 338 g/mol. The number of carbonyl (C=O) groups excluding carboxylic acids is 2. The smallest absolute Gasteiger partial charge is 0.345 e. The van der Waals surface area contributed by atoms with E-state index in [0.29, 0.717) is 12.8 Å². The Hall–Kier alpha value is -1.32. The Morgan fingerprint density at radius 3 is 2.08 bits per heavy atom. The summed E-state index contributed by atoms with van der Waals surface area (Å²) in [6.45, 7) is 4.21. The van der Waals surface area contributed by atoms with E-state index in [4.69, 9.17) is 4.74 Å². The second-order valence-corrected chi connectivity index (χ2v) is 6.84. The summed E-state index contributed by atoms with van der Waals surface area (Å²) in [4.78, 5) is 24.0. The minimum absolute atomic E-state index is 0.0807. The van der Waals surface area contributed by atoms with Crippen LogP contribution in [0.4, 0.5) is 0 Å². The number of aliphatic hydroxyl groups is 1. The van der Waals surface area contributed by atoms with E-state index in [2.05, 4.69) is 6.92 Å². The van der Waals surface area contributed by atoms with Crippen LogP contribution < -0.4 is 0 Å². The van der Waals surface area contributed by atoms with E-state index < -0.39 is 5.97 Å². The van der Waals surface area contributed by atoms with Crippen molar-refractivity contribution < 1.29 is 19.4 Å². The zero-order valence-electron chi connectivity index (χ0n) is 15.4. The molecule has 0 aromatic rings. The lowest BCUT2D eigenvalue weighted by molar-refractivity contribution is -0.151. The summed E-state index contributed by atoms with van der Waals surface area (Å²) in [6, 6.07) is 0. The molecule has 0 radical (unpaired) electrons. The van der Waals surface area contributed by atoms with Crippen LogP contribution in [0.25, 0.3) is 0 Å². The Balaban J connectivity index is 2.26. The standard InChI is InChI=1S/C20H34O4/c1-3-5-6-7-8-9-10-11-12-14-17(21)19-18(22)15-16(13-4-2)24-20(19)23/h16,21H,3-15H2,1-2H3. The number of hydrogen-bond donors (Lipinski definition) is 1. The molecule has 0 saturated carbocycles. The van der Waals surface area contributed by atoms with Gasteiger partial charge in [0.15, 0.2) is 5.78 Å². The van der Waals surface area contributed by atoms with Crippen molar-refractivity contribution in [2.45, 2.75) is 103 Å².